The van der Waals surface area contributed by atoms with Gasteiger partial charge in [0.25, 0.3) is 0 Å². The van der Waals surface area contributed by atoms with Gasteiger partial charge >= 0.3 is 0 Å². The highest BCUT2D eigenvalue weighted by Gasteiger charge is 2.09. The normalized spacial score (nSPS) is 12.1. The van der Waals surface area contributed by atoms with Crippen LogP contribution >= 0.6 is 15.9 Å². The maximum atomic E-state index is 12.3. The lowest BCUT2D eigenvalue weighted by Crippen LogP contribution is -1.99. The Balaban J connectivity index is 2.18. The summed E-state index contributed by atoms with van der Waals surface area (Å²) in [5, 5.41) is 0. The van der Waals surface area contributed by atoms with Crippen LogP contribution in [0.5, 0.6) is 5.75 Å². The molecule has 0 saturated heterocycles. The highest BCUT2D eigenvalue weighted by atomic mass is 79.9. The lowest BCUT2D eigenvalue weighted by Gasteiger charge is -2.07. The Hall–Kier alpha value is -1.33. The molecule has 0 heterocycles. The van der Waals surface area contributed by atoms with Gasteiger partial charge in [0.05, 0.1) is 23.7 Å². The summed E-state index contributed by atoms with van der Waals surface area (Å²) < 4.78 is 18.2. The van der Waals surface area contributed by atoms with Gasteiger partial charge in [0.2, 0.25) is 0 Å². The Morgan fingerprint density at radius 3 is 2.53 bits per heavy atom. The maximum Gasteiger partial charge on any atom is 0.118 e. The molecule has 2 N–H and O–H groups in total. The van der Waals surface area contributed by atoms with Gasteiger partial charge in [0.1, 0.15) is 5.75 Å². The number of ether oxygens (including phenoxy) is 1. The molecule has 100 valence electrons. The molecule has 5 heteroatoms. The van der Waals surface area contributed by atoms with Gasteiger partial charge in [-0.3, -0.25) is 4.21 Å². The Bertz CT molecular complexity index is 599. The Kier molecular flexibility index (Phi) is 4.61. The minimum Gasteiger partial charge on any atom is -0.497 e. The van der Waals surface area contributed by atoms with Crippen LogP contribution in [0.4, 0.5) is 5.69 Å². The van der Waals surface area contributed by atoms with E-state index in [9.17, 15) is 4.21 Å². The molecule has 0 fully saturated rings. The third kappa shape index (κ3) is 3.36. The standard InChI is InChI=1S/C14H14BrNO2S/c1-18-11-5-7-12(8-6-11)19(17)9-10-3-2-4-13(16)14(10)15/h2-8H,9,16H2,1H3. The van der Waals surface area contributed by atoms with Crippen molar-refractivity contribution in [2.24, 2.45) is 0 Å². The summed E-state index contributed by atoms with van der Waals surface area (Å²) >= 11 is 3.42. The van der Waals surface area contributed by atoms with Crippen LogP contribution in [-0.4, -0.2) is 11.3 Å². The Labute approximate surface area is 123 Å². The van der Waals surface area contributed by atoms with Crippen molar-refractivity contribution >= 4 is 32.4 Å². The molecule has 0 saturated carbocycles. The zero-order valence-corrected chi connectivity index (χ0v) is 12.8. The number of nitrogens with two attached hydrogens (primary N) is 1. The highest BCUT2D eigenvalue weighted by molar-refractivity contribution is 9.10. The number of methoxy groups -OCH3 is 1. The van der Waals surface area contributed by atoms with Crippen LogP contribution in [0.3, 0.4) is 0 Å². The molecule has 0 amide bonds. The molecule has 0 bridgehead atoms. The third-order valence-corrected chi connectivity index (χ3v) is 5.06. The molecule has 1 unspecified atom stereocenters. The van der Waals surface area contributed by atoms with Gasteiger partial charge in [-0.2, -0.15) is 0 Å². The van der Waals surface area contributed by atoms with E-state index in [1.54, 1.807) is 7.11 Å². The molecule has 0 spiro atoms. The molecule has 0 aliphatic heterocycles. The number of halogens is 1. The van der Waals surface area contributed by atoms with Crippen molar-refractivity contribution < 1.29 is 8.95 Å². The van der Waals surface area contributed by atoms with Crippen molar-refractivity contribution in [1.82, 2.24) is 0 Å². The number of hydrogen-bond donors (Lipinski definition) is 1. The summed E-state index contributed by atoms with van der Waals surface area (Å²) in [6, 6.07) is 12.8. The Morgan fingerprint density at radius 1 is 1.21 bits per heavy atom. The Morgan fingerprint density at radius 2 is 1.89 bits per heavy atom. The first kappa shape index (κ1) is 14.1. The summed E-state index contributed by atoms with van der Waals surface area (Å²) in [6.45, 7) is 0. The topological polar surface area (TPSA) is 52.3 Å². The molecule has 2 rings (SSSR count). The van der Waals surface area contributed by atoms with Gasteiger partial charge in [-0.1, -0.05) is 12.1 Å². The second kappa shape index (κ2) is 6.21. The molecule has 2 aromatic carbocycles. The summed E-state index contributed by atoms with van der Waals surface area (Å²) in [5.74, 6) is 1.18. The van der Waals surface area contributed by atoms with Crippen LogP contribution in [-0.2, 0) is 16.6 Å². The van der Waals surface area contributed by atoms with E-state index in [0.717, 1.165) is 20.7 Å². The monoisotopic (exact) mass is 339 g/mol. The van der Waals surface area contributed by atoms with Crippen molar-refractivity contribution in [3.63, 3.8) is 0 Å². The quantitative estimate of drug-likeness (QED) is 0.869. The predicted octanol–water partition coefficient (Wildman–Crippen LogP) is 3.35. The van der Waals surface area contributed by atoms with Gasteiger partial charge in [-0.05, 0) is 51.8 Å². The number of nitrogen functional groups attached to an aromatic ring is 1. The fourth-order valence-electron chi connectivity index (χ4n) is 1.66. The maximum absolute atomic E-state index is 12.3. The minimum atomic E-state index is -1.10. The summed E-state index contributed by atoms with van der Waals surface area (Å²) in [5.41, 5.74) is 7.41. The fourth-order valence-corrected chi connectivity index (χ4v) is 3.38. The average Bonchev–Trinajstić information content (AvgIpc) is 2.44. The smallest absolute Gasteiger partial charge is 0.118 e. The van der Waals surface area contributed by atoms with Crippen molar-refractivity contribution in [3.05, 3.63) is 52.5 Å². The van der Waals surface area contributed by atoms with Gasteiger partial charge in [0, 0.05) is 15.1 Å². The van der Waals surface area contributed by atoms with E-state index in [1.807, 2.05) is 42.5 Å². The molecular weight excluding hydrogens is 326 g/mol. The fraction of sp³-hybridized carbons (Fsp3) is 0.143. The van der Waals surface area contributed by atoms with E-state index in [0.29, 0.717) is 11.4 Å². The van der Waals surface area contributed by atoms with Crippen LogP contribution in [0, 0.1) is 0 Å². The average molecular weight is 340 g/mol. The second-order valence-corrected chi connectivity index (χ2v) is 6.23. The second-order valence-electron chi connectivity index (χ2n) is 3.99. The molecule has 0 aliphatic rings. The van der Waals surface area contributed by atoms with E-state index < -0.39 is 10.8 Å². The van der Waals surface area contributed by atoms with Crippen LogP contribution in [0.25, 0.3) is 0 Å². The number of anilines is 1. The number of benzene rings is 2. The van der Waals surface area contributed by atoms with E-state index in [1.165, 1.54) is 0 Å². The van der Waals surface area contributed by atoms with Gasteiger partial charge in [0.15, 0.2) is 0 Å². The molecule has 2 aromatic rings. The molecular formula is C14H14BrNO2S. The van der Waals surface area contributed by atoms with Crippen LogP contribution in [0.1, 0.15) is 5.56 Å². The largest absolute Gasteiger partial charge is 0.497 e. The lowest BCUT2D eigenvalue weighted by atomic mass is 10.2. The first-order chi connectivity index (χ1) is 9.11. The third-order valence-electron chi connectivity index (χ3n) is 2.72. The van der Waals surface area contributed by atoms with Crippen molar-refractivity contribution in [1.29, 1.82) is 0 Å². The number of rotatable bonds is 4. The van der Waals surface area contributed by atoms with Gasteiger partial charge in [-0.25, -0.2) is 0 Å². The van der Waals surface area contributed by atoms with Crippen LogP contribution in [0.15, 0.2) is 51.8 Å². The van der Waals surface area contributed by atoms with E-state index >= 15 is 0 Å². The summed E-state index contributed by atoms with van der Waals surface area (Å²) in [4.78, 5) is 0.773. The molecule has 0 aromatic heterocycles. The summed E-state index contributed by atoms with van der Waals surface area (Å²) in [6.07, 6.45) is 0. The van der Waals surface area contributed by atoms with Crippen LogP contribution < -0.4 is 10.5 Å². The van der Waals surface area contributed by atoms with Crippen LogP contribution in [0.2, 0.25) is 0 Å². The molecule has 1 atom stereocenters. The highest BCUT2D eigenvalue weighted by Crippen LogP contribution is 2.26. The molecule has 19 heavy (non-hydrogen) atoms. The van der Waals surface area contributed by atoms with Gasteiger partial charge in [-0.15, -0.1) is 0 Å². The minimum absolute atomic E-state index is 0.429. The van der Waals surface area contributed by atoms with E-state index in [4.69, 9.17) is 10.5 Å². The van der Waals surface area contributed by atoms with E-state index in [-0.39, 0.29) is 0 Å². The molecule has 0 radical (unpaired) electrons. The molecule has 0 aliphatic carbocycles. The predicted molar refractivity (Wildman–Crippen MR) is 81.7 cm³/mol. The summed E-state index contributed by atoms with van der Waals surface area (Å²) in [7, 11) is 0.503. The van der Waals surface area contributed by atoms with Crippen molar-refractivity contribution in [2.75, 3.05) is 12.8 Å². The van der Waals surface area contributed by atoms with Crippen molar-refractivity contribution in [3.8, 4) is 5.75 Å². The first-order valence-corrected chi connectivity index (χ1v) is 7.78. The molecule has 3 nitrogen and oxygen atoms in total. The van der Waals surface area contributed by atoms with E-state index in [2.05, 4.69) is 15.9 Å². The van der Waals surface area contributed by atoms with Gasteiger partial charge < -0.3 is 10.5 Å². The number of hydrogen-bond acceptors (Lipinski definition) is 3. The van der Waals surface area contributed by atoms with Crippen molar-refractivity contribution in [2.45, 2.75) is 10.6 Å². The SMILES string of the molecule is COc1ccc(S(=O)Cc2cccc(N)c2Br)cc1. The first-order valence-electron chi connectivity index (χ1n) is 5.67. The zero-order valence-electron chi connectivity index (χ0n) is 10.4. The lowest BCUT2D eigenvalue weighted by molar-refractivity contribution is 0.414. The zero-order chi connectivity index (χ0) is 13.8.